The first-order valence-electron chi connectivity index (χ1n) is 7.40. The largest absolute Gasteiger partial charge is 0.271 e. The topological polar surface area (TPSA) is 63.8 Å². The molecule has 2 rings (SSSR count). The van der Waals surface area contributed by atoms with Crippen LogP contribution >= 0.6 is 0 Å². The molecule has 0 radical (unpaired) electrons. The lowest BCUT2D eigenvalue weighted by Gasteiger charge is -2.19. The van der Waals surface area contributed by atoms with Gasteiger partial charge in [0.1, 0.15) is 0 Å². The van der Waals surface area contributed by atoms with Crippen LogP contribution in [0.5, 0.6) is 0 Å². The van der Waals surface area contributed by atoms with Gasteiger partial charge in [-0.2, -0.15) is 10.2 Å². The highest BCUT2D eigenvalue weighted by atomic mass is 15.2. The van der Waals surface area contributed by atoms with Crippen LogP contribution in [-0.4, -0.2) is 10.2 Å². The van der Waals surface area contributed by atoms with Crippen LogP contribution < -0.4 is 11.3 Å². The van der Waals surface area contributed by atoms with Crippen molar-refractivity contribution in [2.45, 2.75) is 46.6 Å². The minimum Gasteiger partial charge on any atom is -0.271 e. The van der Waals surface area contributed by atoms with Gasteiger partial charge in [0, 0.05) is 0 Å². The molecule has 2 aromatic rings. The molecule has 21 heavy (non-hydrogen) atoms. The highest BCUT2D eigenvalue weighted by Gasteiger charge is 2.16. The van der Waals surface area contributed by atoms with Gasteiger partial charge in [-0.15, -0.1) is 0 Å². The molecule has 0 aliphatic rings. The monoisotopic (exact) mass is 284 g/mol. The second kappa shape index (κ2) is 6.78. The van der Waals surface area contributed by atoms with E-state index in [2.05, 4.69) is 60.7 Å². The number of nitrogens with zero attached hydrogens (tertiary/aromatic N) is 2. The molecule has 0 spiro atoms. The van der Waals surface area contributed by atoms with Crippen LogP contribution in [0.4, 0.5) is 0 Å². The highest BCUT2D eigenvalue weighted by molar-refractivity contribution is 5.32. The smallest absolute Gasteiger partial charge is 0.0676 e. The van der Waals surface area contributed by atoms with Crippen LogP contribution in [0.25, 0.3) is 0 Å². The fourth-order valence-electron chi connectivity index (χ4n) is 2.79. The zero-order valence-electron chi connectivity index (χ0n) is 13.3. The number of aryl methyl sites for hydroxylation is 4. The Morgan fingerprint density at radius 3 is 2.29 bits per heavy atom. The molecule has 0 amide bonds. The van der Waals surface area contributed by atoms with Crippen molar-refractivity contribution >= 4 is 0 Å². The summed E-state index contributed by atoms with van der Waals surface area (Å²) < 4.78 is 0. The first-order valence-corrected chi connectivity index (χ1v) is 7.40. The van der Waals surface area contributed by atoms with Crippen LogP contribution in [0, 0.1) is 20.8 Å². The SMILES string of the molecule is CCc1nnc(C)cc1C(Cc1cc(C)cc(C)c1)NN. The van der Waals surface area contributed by atoms with Crippen molar-refractivity contribution in [3.8, 4) is 0 Å². The lowest BCUT2D eigenvalue weighted by molar-refractivity contribution is 0.541. The molecular formula is C17H24N4. The molecular weight excluding hydrogens is 260 g/mol. The second-order valence-electron chi connectivity index (χ2n) is 5.66. The molecule has 4 nitrogen and oxygen atoms in total. The number of nitrogens with two attached hydrogens (primary N) is 1. The molecule has 1 aromatic carbocycles. The zero-order chi connectivity index (χ0) is 15.4. The van der Waals surface area contributed by atoms with Crippen molar-refractivity contribution in [3.63, 3.8) is 0 Å². The lowest BCUT2D eigenvalue weighted by Crippen LogP contribution is -2.31. The summed E-state index contributed by atoms with van der Waals surface area (Å²) in [7, 11) is 0. The normalized spacial score (nSPS) is 12.4. The van der Waals surface area contributed by atoms with Gasteiger partial charge in [0.2, 0.25) is 0 Å². The molecule has 1 heterocycles. The maximum Gasteiger partial charge on any atom is 0.0676 e. The molecule has 0 fully saturated rings. The summed E-state index contributed by atoms with van der Waals surface area (Å²) in [5.41, 5.74) is 9.85. The Hall–Kier alpha value is -1.78. The third kappa shape index (κ3) is 3.86. The van der Waals surface area contributed by atoms with Gasteiger partial charge < -0.3 is 0 Å². The maximum atomic E-state index is 5.80. The lowest BCUT2D eigenvalue weighted by atomic mass is 9.95. The molecule has 0 saturated carbocycles. The summed E-state index contributed by atoms with van der Waals surface area (Å²) in [6.45, 7) is 8.29. The molecule has 0 aliphatic carbocycles. The van der Waals surface area contributed by atoms with E-state index in [4.69, 9.17) is 5.84 Å². The van der Waals surface area contributed by atoms with Crippen LogP contribution in [-0.2, 0) is 12.8 Å². The predicted octanol–water partition coefficient (Wildman–Crippen LogP) is 2.71. The molecule has 3 N–H and O–H groups in total. The van der Waals surface area contributed by atoms with Crippen molar-refractivity contribution in [1.29, 1.82) is 0 Å². The molecule has 0 saturated heterocycles. The summed E-state index contributed by atoms with van der Waals surface area (Å²) in [6.07, 6.45) is 1.70. The molecule has 0 aliphatic heterocycles. The fraction of sp³-hybridized carbons (Fsp3) is 0.412. The van der Waals surface area contributed by atoms with E-state index < -0.39 is 0 Å². The minimum atomic E-state index is 0.0513. The van der Waals surface area contributed by atoms with Crippen molar-refractivity contribution in [2.75, 3.05) is 0 Å². The Balaban J connectivity index is 2.33. The molecule has 112 valence electrons. The van der Waals surface area contributed by atoms with Gasteiger partial charge in [-0.25, -0.2) is 0 Å². The highest BCUT2D eigenvalue weighted by Crippen LogP contribution is 2.22. The van der Waals surface area contributed by atoms with Gasteiger partial charge in [-0.05, 0) is 50.8 Å². The van der Waals surface area contributed by atoms with Crippen molar-refractivity contribution in [2.24, 2.45) is 5.84 Å². The van der Waals surface area contributed by atoms with E-state index in [1.54, 1.807) is 0 Å². The number of rotatable bonds is 5. The summed E-state index contributed by atoms with van der Waals surface area (Å²) in [5.74, 6) is 5.80. The number of hydrazine groups is 1. The quantitative estimate of drug-likeness (QED) is 0.654. The Kier molecular flexibility index (Phi) is 5.04. The van der Waals surface area contributed by atoms with E-state index >= 15 is 0 Å². The van der Waals surface area contributed by atoms with Gasteiger partial charge in [-0.3, -0.25) is 11.3 Å². The van der Waals surface area contributed by atoms with E-state index in [0.29, 0.717) is 0 Å². The number of benzene rings is 1. The Bertz CT molecular complexity index is 602. The Morgan fingerprint density at radius 2 is 1.71 bits per heavy atom. The predicted molar refractivity (Wildman–Crippen MR) is 85.8 cm³/mol. The third-order valence-electron chi connectivity index (χ3n) is 3.66. The number of hydrogen-bond acceptors (Lipinski definition) is 4. The van der Waals surface area contributed by atoms with Gasteiger partial charge in [0.25, 0.3) is 0 Å². The average molecular weight is 284 g/mol. The summed E-state index contributed by atoms with van der Waals surface area (Å²) >= 11 is 0. The third-order valence-corrected chi connectivity index (χ3v) is 3.66. The van der Waals surface area contributed by atoms with E-state index in [1.165, 1.54) is 16.7 Å². The maximum absolute atomic E-state index is 5.80. The average Bonchev–Trinajstić information content (AvgIpc) is 2.43. The number of nitrogens with one attached hydrogen (secondary N) is 1. The van der Waals surface area contributed by atoms with Crippen LogP contribution in [0.1, 0.15) is 46.6 Å². The van der Waals surface area contributed by atoms with Gasteiger partial charge in [0.05, 0.1) is 17.4 Å². The van der Waals surface area contributed by atoms with Gasteiger partial charge in [0.15, 0.2) is 0 Å². The van der Waals surface area contributed by atoms with E-state index in [0.717, 1.165) is 29.8 Å². The van der Waals surface area contributed by atoms with Crippen LogP contribution in [0.15, 0.2) is 24.3 Å². The van der Waals surface area contributed by atoms with Gasteiger partial charge in [-0.1, -0.05) is 36.2 Å². The summed E-state index contributed by atoms with van der Waals surface area (Å²) in [4.78, 5) is 0. The summed E-state index contributed by atoms with van der Waals surface area (Å²) in [6, 6.07) is 8.74. The second-order valence-corrected chi connectivity index (χ2v) is 5.66. The number of aromatic nitrogens is 2. The summed E-state index contributed by atoms with van der Waals surface area (Å²) in [5, 5.41) is 8.44. The molecule has 1 atom stereocenters. The van der Waals surface area contributed by atoms with E-state index in [1.807, 2.05) is 6.92 Å². The van der Waals surface area contributed by atoms with E-state index in [-0.39, 0.29) is 6.04 Å². The van der Waals surface area contributed by atoms with Crippen molar-refractivity contribution < 1.29 is 0 Å². The first-order chi connectivity index (χ1) is 10.0. The van der Waals surface area contributed by atoms with Crippen LogP contribution in [0.3, 0.4) is 0 Å². The van der Waals surface area contributed by atoms with Crippen molar-refractivity contribution in [1.82, 2.24) is 15.6 Å². The zero-order valence-corrected chi connectivity index (χ0v) is 13.3. The van der Waals surface area contributed by atoms with Gasteiger partial charge >= 0.3 is 0 Å². The standard InChI is InChI=1S/C17H24N4/c1-5-16-15(9-13(4)20-21-16)17(19-18)10-14-7-11(2)6-12(3)8-14/h6-9,17,19H,5,10,18H2,1-4H3. The van der Waals surface area contributed by atoms with Crippen molar-refractivity contribution in [3.05, 3.63) is 57.9 Å². The molecule has 0 bridgehead atoms. The molecule has 1 unspecified atom stereocenters. The molecule has 1 aromatic heterocycles. The Morgan fingerprint density at radius 1 is 1.05 bits per heavy atom. The van der Waals surface area contributed by atoms with E-state index in [9.17, 15) is 0 Å². The number of hydrogen-bond donors (Lipinski definition) is 2. The molecule has 4 heteroatoms. The van der Waals surface area contributed by atoms with Crippen LogP contribution in [0.2, 0.25) is 0 Å². The first kappa shape index (κ1) is 15.6. The minimum absolute atomic E-state index is 0.0513. The Labute approximate surface area is 126 Å². The fourth-order valence-corrected chi connectivity index (χ4v) is 2.79.